The van der Waals surface area contributed by atoms with E-state index in [1.54, 1.807) is 0 Å². The van der Waals surface area contributed by atoms with Crippen molar-refractivity contribution in [1.82, 2.24) is 10.2 Å². The van der Waals surface area contributed by atoms with E-state index in [1.807, 2.05) is 0 Å². The molecular formula is C16H27BrN2O. The molecule has 20 heavy (non-hydrogen) atoms. The van der Waals surface area contributed by atoms with Gasteiger partial charge in [0, 0.05) is 23.7 Å². The summed E-state index contributed by atoms with van der Waals surface area (Å²) in [4.78, 5) is 2.18. The topological polar surface area (TPSA) is 24.5 Å². The van der Waals surface area contributed by atoms with Gasteiger partial charge in [0.25, 0.3) is 0 Å². The van der Waals surface area contributed by atoms with Crippen molar-refractivity contribution in [2.45, 2.75) is 39.5 Å². The van der Waals surface area contributed by atoms with Crippen molar-refractivity contribution < 1.29 is 4.74 Å². The standard InChI is InChI=1S/C16H27BrN2O/c1-13(2)18-11-14-6-7-15(16(17)10-14)12-20-9-5-8-19(3)4/h6-7,10,13,18H,5,8-9,11-12H2,1-4H3. The third-order valence-corrected chi connectivity index (χ3v) is 3.72. The van der Waals surface area contributed by atoms with Crippen molar-refractivity contribution in [2.24, 2.45) is 0 Å². The zero-order chi connectivity index (χ0) is 15.0. The highest BCUT2D eigenvalue weighted by molar-refractivity contribution is 9.10. The van der Waals surface area contributed by atoms with Gasteiger partial charge in [-0.05, 0) is 44.3 Å². The summed E-state index contributed by atoms with van der Waals surface area (Å²) >= 11 is 3.63. The minimum absolute atomic E-state index is 0.508. The zero-order valence-electron chi connectivity index (χ0n) is 13.1. The van der Waals surface area contributed by atoms with Crippen molar-refractivity contribution in [2.75, 3.05) is 27.2 Å². The number of nitrogens with zero attached hydrogens (tertiary/aromatic N) is 1. The maximum absolute atomic E-state index is 5.72. The van der Waals surface area contributed by atoms with Gasteiger partial charge in [-0.1, -0.05) is 41.9 Å². The second-order valence-electron chi connectivity index (χ2n) is 5.67. The predicted molar refractivity (Wildman–Crippen MR) is 88.9 cm³/mol. The van der Waals surface area contributed by atoms with Crippen molar-refractivity contribution >= 4 is 15.9 Å². The van der Waals surface area contributed by atoms with Gasteiger partial charge in [0.1, 0.15) is 0 Å². The lowest BCUT2D eigenvalue weighted by atomic mass is 10.1. The second kappa shape index (κ2) is 9.50. The van der Waals surface area contributed by atoms with Crippen LogP contribution in [0.25, 0.3) is 0 Å². The van der Waals surface area contributed by atoms with Crippen molar-refractivity contribution in [3.8, 4) is 0 Å². The number of hydrogen-bond donors (Lipinski definition) is 1. The van der Waals surface area contributed by atoms with E-state index in [0.29, 0.717) is 12.6 Å². The Kier molecular flexibility index (Phi) is 8.38. The normalized spacial score (nSPS) is 11.6. The van der Waals surface area contributed by atoms with Gasteiger partial charge in [0.2, 0.25) is 0 Å². The molecule has 0 aliphatic heterocycles. The molecule has 0 bridgehead atoms. The fraction of sp³-hybridized carbons (Fsp3) is 0.625. The molecule has 0 aliphatic rings. The quantitative estimate of drug-likeness (QED) is 0.696. The molecule has 0 amide bonds. The van der Waals surface area contributed by atoms with Crippen LogP contribution < -0.4 is 5.32 Å². The first-order chi connectivity index (χ1) is 9.49. The number of benzene rings is 1. The summed E-state index contributed by atoms with van der Waals surface area (Å²) in [6, 6.07) is 6.99. The molecule has 0 spiro atoms. The molecule has 3 nitrogen and oxygen atoms in total. The van der Waals surface area contributed by atoms with E-state index in [2.05, 4.69) is 72.3 Å². The molecule has 114 valence electrons. The molecule has 1 rings (SSSR count). The monoisotopic (exact) mass is 342 g/mol. The van der Waals surface area contributed by atoms with Crippen LogP contribution in [-0.2, 0) is 17.9 Å². The molecule has 0 radical (unpaired) electrons. The number of nitrogens with one attached hydrogen (secondary N) is 1. The third kappa shape index (κ3) is 7.39. The van der Waals surface area contributed by atoms with Crippen LogP contribution in [-0.4, -0.2) is 38.2 Å². The summed E-state index contributed by atoms with van der Waals surface area (Å²) in [6.45, 7) is 7.77. The first kappa shape index (κ1) is 17.6. The lowest BCUT2D eigenvalue weighted by Gasteiger charge is -2.12. The summed E-state index contributed by atoms with van der Waals surface area (Å²) in [7, 11) is 4.17. The van der Waals surface area contributed by atoms with Gasteiger partial charge in [-0.25, -0.2) is 0 Å². The Labute approximate surface area is 131 Å². The largest absolute Gasteiger partial charge is 0.377 e. The molecule has 0 aromatic heterocycles. The number of rotatable bonds is 9. The van der Waals surface area contributed by atoms with E-state index < -0.39 is 0 Å². The maximum atomic E-state index is 5.72. The lowest BCUT2D eigenvalue weighted by molar-refractivity contribution is 0.112. The molecule has 1 aromatic carbocycles. The average Bonchev–Trinajstić information content (AvgIpc) is 2.37. The van der Waals surface area contributed by atoms with Gasteiger partial charge in [-0.3, -0.25) is 0 Å². The Morgan fingerprint density at radius 3 is 2.65 bits per heavy atom. The Bertz CT molecular complexity index is 394. The van der Waals surface area contributed by atoms with E-state index in [4.69, 9.17) is 4.74 Å². The molecule has 0 fully saturated rings. The van der Waals surface area contributed by atoms with Gasteiger partial charge >= 0.3 is 0 Å². The van der Waals surface area contributed by atoms with Crippen molar-refractivity contribution in [1.29, 1.82) is 0 Å². The Morgan fingerprint density at radius 1 is 1.30 bits per heavy atom. The molecule has 0 unspecified atom stereocenters. The molecule has 1 aromatic rings. The summed E-state index contributed by atoms with van der Waals surface area (Å²) in [5, 5.41) is 3.42. The SMILES string of the molecule is CC(C)NCc1ccc(COCCCN(C)C)c(Br)c1. The van der Waals surface area contributed by atoms with Crippen LogP contribution in [0.2, 0.25) is 0 Å². The predicted octanol–water partition coefficient (Wildman–Crippen LogP) is 3.42. The van der Waals surface area contributed by atoms with E-state index in [1.165, 1.54) is 11.1 Å². The summed E-state index contributed by atoms with van der Waals surface area (Å²) in [5.74, 6) is 0. The van der Waals surface area contributed by atoms with Crippen LogP contribution >= 0.6 is 15.9 Å². The van der Waals surface area contributed by atoms with Gasteiger partial charge < -0.3 is 15.0 Å². The third-order valence-electron chi connectivity index (χ3n) is 2.98. The minimum Gasteiger partial charge on any atom is -0.377 e. The Hall–Kier alpha value is -0.420. The maximum Gasteiger partial charge on any atom is 0.0727 e. The lowest BCUT2D eigenvalue weighted by Crippen LogP contribution is -2.21. The highest BCUT2D eigenvalue weighted by atomic mass is 79.9. The number of hydrogen-bond acceptors (Lipinski definition) is 3. The van der Waals surface area contributed by atoms with E-state index in [-0.39, 0.29) is 0 Å². The van der Waals surface area contributed by atoms with E-state index in [9.17, 15) is 0 Å². The Balaban J connectivity index is 2.36. The molecular weight excluding hydrogens is 316 g/mol. The molecule has 0 atom stereocenters. The fourth-order valence-electron chi connectivity index (χ4n) is 1.80. The molecule has 1 N–H and O–H groups in total. The smallest absolute Gasteiger partial charge is 0.0727 e. The van der Waals surface area contributed by atoms with Gasteiger partial charge in [-0.2, -0.15) is 0 Å². The van der Waals surface area contributed by atoms with Crippen LogP contribution in [0.1, 0.15) is 31.4 Å². The summed E-state index contributed by atoms with van der Waals surface area (Å²) in [5.41, 5.74) is 2.50. The highest BCUT2D eigenvalue weighted by Crippen LogP contribution is 2.19. The molecule has 0 saturated heterocycles. The van der Waals surface area contributed by atoms with Gasteiger partial charge in [0.05, 0.1) is 6.61 Å². The molecule has 0 saturated carbocycles. The number of ether oxygens (including phenoxy) is 1. The van der Waals surface area contributed by atoms with Gasteiger partial charge in [-0.15, -0.1) is 0 Å². The fourth-order valence-corrected chi connectivity index (χ4v) is 2.35. The van der Waals surface area contributed by atoms with Crippen LogP contribution in [0, 0.1) is 0 Å². The Morgan fingerprint density at radius 2 is 2.05 bits per heavy atom. The molecule has 0 heterocycles. The van der Waals surface area contributed by atoms with E-state index >= 15 is 0 Å². The molecule has 4 heteroatoms. The van der Waals surface area contributed by atoms with Crippen LogP contribution in [0.4, 0.5) is 0 Å². The van der Waals surface area contributed by atoms with Crippen LogP contribution in [0.3, 0.4) is 0 Å². The van der Waals surface area contributed by atoms with Gasteiger partial charge in [0.15, 0.2) is 0 Å². The van der Waals surface area contributed by atoms with Crippen LogP contribution in [0.15, 0.2) is 22.7 Å². The average molecular weight is 343 g/mol. The first-order valence-corrected chi connectivity index (χ1v) is 8.01. The zero-order valence-corrected chi connectivity index (χ0v) is 14.7. The first-order valence-electron chi connectivity index (χ1n) is 7.22. The summed E-state index contributed by atoms with van der Waals surface area (Å²) < 4.78 is 6.85. The summed E-state index contributed by atoms with van der Waals surface area (Å²) in [6.07, 6.45) is 1.07. The molecule has 0 aliphatic carbocycles. The highest BCUT2D eigenvalue weighted by Gasteiger charge is 2.03. The van der Waals surface area contributed by atoms with Crippen LogP contribution in [0.5, 0.6) is 0 Å². The number of halogens is 1. The van der Waals surface area contributed by atoms with Crippen molar-refractivity contribution in [3.05, 3.63) is 33.8 Å². The van der Waals surface area contributed by atoms with Crippen molar-refractivity contribution in [3.63, 3.8) is 0 Å². The second-order valence-corrected chi connectivity index (χ2v) is 6.53. The van der Waals surface area contributed by atoms with E-state index in [0.717, 1.165) is 30.6 Å². The minimum atomic E-state index is 0.508.